The molecule has 19 heavy (non-hydrogen) atoms. The number of amides is 1. The maximum absolute atomic E-state index is 13.3. The largest absolute Gasteiger partial charge is 0.389 e. The Morgan fingerprint density at radius 3 is 2.11 bits per heavy atom. The zero-order chi connectivity index (χ0) is 14.7. The fraction of sp³-hybridized carbons (Fsp3) is 0.533. The first-order valence-corrected chi connectivity index (χ1v) is 6.55. The van der Waals surface area contributed by atoms with E-state index in [1.54, 1.807) is 4.90 Å². The fourth-order valence-electron chi connectivity index (χ4n) is 2.28. The molecule has 1 N–H and O–H groups in total. The number of aliphatic hydroxyl groups is 1. The van der Waals surface area contributed by atoms with E-state index in [0.717, 1.165) is 0 Å². The molecule has 0 saturated carbocycles. The lowest BCUT2D eigenvalue weighted by molar-refractivity contribution is 0.0637. The van der Waals surface area contributed by atoms with E-state index in [-0.39, 0.29) is 18.0 Å². The number of nitrogens with zero attached hydrogens (tertiary/aromatic N) is 1. The molecule has 3 nitrogen and oxygen atoms in total. The van der Waals surface area contributed by atoms with Crippen molar-refractivity contribution in [2.45, 2.75) is 52.8 Å². The lowest BCUT2D eigenvalue weighted by Crippen LogP contribution is -2.42. The Bertz CT molecular complexity index is 447. The van der Waals surface area contributed by atoms with Crippen LogP contribution in [0.15, 0.2) is 18.2 Å². The minimum atomic E-state index is -0.879. The number of hydrogen-bond donors (Lipinski definition) is 1. The lowest BCUT2D eigenvalue weighted by atomic mass is 10.0. The van der Waals surface area contributed by atoms with Crippen molar-refractivity contribution >= 4 is 5.91 Å². The molecular formula is C15H22FNO2. The van der Waals surface area contributed by atoms with Gasteiger partial charge in [0.15, 0.2) is 0 Å². The molecule has 0 spiro atoms. The molecule has 1 aromatic carbocycles. The normalized spacial score (nSPS) is 12.9. The van der Waals surface area contributed by atoms with Crippen LogP contribution in [0.3, 0.4) is 0 Å². The minimum Gasteiger partial charge on any atom is -0.389 e. The number of halogens is 1. The standard InChI is InChI=1S/C15H22FNO2/c1-9(2)17(10(3)4)15(19)13-7-6-12(16)8-14(13)11(5)18/h6-11,18H,1-5H3/t11-/m0/s1. The molecule has 1 amide bonds. The first-order chi connectivity index (χ1) is 8.75. The molecule has 0 unspecified atom stereocenters. The molecule has 0 saturated heterocycles. The van der Waals surface area contributed by atoms with Crippen molar-refractivity contribution in [3.05, 3.63) is 35.1 Å². The van der Waals surface area contributed by atoms with Crippen LogP contribution in [-0.4, -0.2) is 28.0 Å². The average Bonchev–Trinajstić information content (AvgIpc) is 2.27. The molecule has 4 heteroatoms. The number of carbonyl (C=O) groups excluding carboxylic acids is 1. The molecule has 0 aromatic heterocycles. The molecule has 0 aliphatic carbocycles. The van der Waals surface area contributed by atoms with Crippen LogP contribution in [0.1, 0.15) is 56.6 Å². The van der Waals surface area contributed by atoms with Crippen LogP contribution in [0, 0.1) is 5.82 Å². The third-order valence-electron chi connectivity index (χ3n) is 3.04. The van der Waals surface area contributed by atoms with Gasteiger partial charge in [-0.15, -0.1) is 0 Å². The Balaban J connectivity index is 3.25. The first kappa shape index (κ1) is 15.6. The van der Waals surface area contributed by atoms with Gasteiger partial charge >= 0.3 is 0 Å². The summed E-state index contributed by atoms with van der Waals surface area (Å²) >= 11 is 0. The number of benzene rings is 1. The summed E-state index contributed by atoms with van der Waals surface area (Å²) in [7, 11) is 0. The Morgan fingerprint density at radius 2 is 1.68 bits per heavy atom. The third-order valence-corrected chi connectivity index (χ3v) is 3.04. The molecule has 0 fully saturated rings. The van der Waals surface area contributed by atoms with E-state index in [2.05, 4.69) is 0 Å². The minimum absolute atomic E-state index is 0.0411. The van der Waals surface area contributed by atoms with Crippen LogP contribution in [0.5, 0.6) is 0 Å². The predicted octanol–water partition coefficient (Wildman–Crippen LogP) is 3.14. The fourth-order valence-corrected chi connectivity index (χ4v) is 2.28. The summed E-state index contributed by atoms with van der Waals surface area (Å²) < 4.78 is 13.3. The zero-order valence-electron chi connectivity index (χ0n) is 12.1. The van der Waals surface area contributed by atoms with E-state index in [9.17, 15) is 14.3 Å². The van der Waals surface area contributed by atoms with Crippen LogP contribution < -0.4 is 0 Å². The quantitative estimate of drug-likeness (QED) is 0.910. The highest BCUT2D eigenvalue weighted by molar-refractivity contribution is 5.96. The van der Waals surface area contributed by atoms with Crippen molar-refractivity contribution in [1.82, 2.24) is 4.90 Å². The first-order valence-electron chi connectivity index (χ1n) is 6.55. The van der Waals surface area contributed by atoms with Gasteiger partial charge in [-0.3, -0.25) is 4.79 Å². The summed E-state index contributed by atoms with van der Waals surface area (Å²) in [6.45, 7) is 9.26. The summed E-state index contributed by atoms with van der Waals surface area (Å²) in [6, 6.07) is 3.99. The van der Waals surface area contributed by atoms with E-state index in [0.29, 0.717) is 11.1 Å². The van der Waals surface area contributed by atoms with Crippen LogP contribution in [0.2, 0.25) is 0 Å². The van der Waals surface area contributed by atoms with Gasteiger partial charge in [-0.05, 0) is 58.4 Å². The van der Waals surface area contributed by atoms with Crippen molar-refractivity contribution in [3.63, 3.8) is 0 Å². The third kappa shape index (κ3) is 3.53. The van der Waals surface area contributed by atoms with E-state index in [1.165, 1.54) is 25.1 Å². The van der Waals surface area contributed by atoms with E-state index >= 15 is 0 Å². The highest BCUT2D eigenvalue weighted by Crippen LogP contribution is 2.22. The maximum atomic E-state index is 13.3. The van der Waals surface area contributed by atoms with Crippen molar-refractivity contribution in [3.8, 4) is 0 Å². The van der Waals surface area contributed by atoms with Gasteiger partial charge in [0, 0.05) is 17.6 Å². The van der Waals surface area contributed by atoms with Gasteiger partial charge in [0.1, 0.15) is 5.82 Å². The van der Waals surface area contributed by atoms with Crippen molar-refractivity contribution in [2.24, 2.45) is 0 Å². The number of carbonyl (C=O) groups is 1. The molecular weight excluding hydrogens is 245 g/mol. The van der Waals surface area contributed by atoms with Crippen LogP contribution in [0.4, 0.5) is 4.39 Å². The van der Waals surface area contributed by atoms with Gasteiger partial charge in [-0.2, -0.15) is 0 Å². The zero-order valence-corrected chi connectivity index (χ0v) is 12.1. The summed E-state index contributed by atoms with van der Waals surface area (Å²) in [4.78, 5) is 14.3. The molecule has 0 aliphatic rings. The summed E-state index contributed by atoms with van der Waals surface area (Å²) in [5.41, 5.74) is 0.690. The SMILES string of the molecule is CC(C)N(C(=O)c1ccc(F)cc1[C@H](C)O)C(C)C. The molecule has 106 valence electrons. The van der Waals surface area contributed by atoms with Gasteiger partial charge in [0.25, 0.3) is 5.91 Å². The number of aliphatic hydroxyl groups excluding tert-OH is 1. The Hall–Kier alpha value is -1.42. The van der Waals surface area contributed by atoms with Crippen LogP contribution in [0.25, 0.3) is 0 Å². The molecule has 0 bridgehead atoms. The topological polar surface area (TPSA) is 40.5 Å². The molecule has 1 atom stereocenters. The monoisotopic (exact) mass is 267 g/mol. The van der Waals surface area contributed by atoms with Gasteiger partial charge in [0.05, 0.1) is 6.10 Å². The molecule has 1 rings (SSSR count). The van der Waals surface area contributed by atoms with Gasteiger partial charge in [-0.25, -0.2) is 4.39 Å². The second-order valence-corrected chi connectivity index (χ2v) is 5.31. The van der Waals surface area contributed by atoms with Gasteiger partial charge < -0.3 is 10.0 Å². The molecule has 0 radical (unpaired) electrons. The smallest absolute Gasteiger partial charge is 0.254 e. The van der Waals surface area contributed by atoms with Crippen molar-refractivity contribution in [2.75, 3.05) is 0 Å². The highest BCUT2D eigenvalue weighted by atomic mass is 19.1. The van der Waals surface area contributed by atoms with Crippen molar-refractivity contribution < 1.29 is 14.3 Å². The Labute approximate surface area is 114 Å². The molecule has 1 aromatic rings. The lowest BCUT2D eigenvalue weighted by Gasteiger charge is -2.31. The van der Waals surface area contributed by atoms with E-state index < -0.39 is 11.9 Å². The van der Waals surface area contributed by atoms with E-state index in [4.69, 9.17) is 0 Å². The summed E-state index contributed by atoms with van der Waals surface area (Å²) in [5.74, 6) is -0.631. The van der Waals surface area contributed by atoms with Crippen LogP contribution in [-0.2, 0) is 0 Å². The Morgan fingerprint density at radius 1 is 1.16 bits per heavy atom. The maximum Gasteiger partial charge on any atom is 0.254 e. The van der Waals surface area contributed by atoms with E-state index in [1.807, 2.05) is 27.7 Å². The van der Waals surface area contributed by atoms with Crippen molar-refractivity contribution in [1.29, 1.82) is 0 Å². The second-order valence-electron chi connectivity index (χ2n) is 5.31. The highest BCUT2D eigenvalue weighted by Gasteiger charge is 2.25. The molecule has 0 heterocycles. The van der Waals surface area contributed by atoms with Gasteiger partial charge in [0.2, 0.25) is 0 Å². The number of hydrogen-bond acceptors (Lipinski definition) is 2. The van der Waals surface area contributed by atoms with Gasteiger partial charge in [-0.1, -0.05) is 0 Å². The summed E-state index contributed by atoms with van der Waals surface area (Å²) in [5, 5.41) is 9.70. The second kappa shape index (κ2) is 6.15. The predicted molar refractivity (Wildman–Crippen MR) is 73.5 cm³/mol. The molecule has 0 aliphatic heterocycles. The van der Waals surface area contributed by atoms with Crippen LogP contribution >= 0.6 is 0 Å². The average molecular weight is 267 g/mol. The Kier molecular flexibility index (Phi) is 5.06. The number of rotatable bonds is 4. The summed E-state index contributed by atoms with van der Waals surface area (Å²) in [6.07, 6.45) is -0.879.